The number of carbonyl (C=O) groups excluding carboxylic acids is 2. The number of thioether (sulfide) groups is 1. The predicted molar refractivity (Wildman–Crippen MR) is 78.1 cm³/mol. The Morgan fingerprint density at radius 2 is 1.89 bits per heavy atom. The minimum atomic E-state index is -0.668. The van der Waals surface area contributed by atoms with Gasteiger partial charge in [0.1, 0.15) is 5.54 Å². The average molecular weight is 284 g/mol. The molecule has 0 radical (unpaired) electrons. The first-order chi connectivity index (χ1) is 9.13. The third-order valence-corrected chi connectivity index (χ3v) is 5.52. The van der Waals surface area contributed by atoms with E-state index in [0.29, 0.717) is 31.8 Å². The molecule has 0 aromatic heterocycles. The van der Waals surface area contributed by atoms with Gasteiger partial charge in [-0.3, -0.25) is 9.59 Å². The Labute approximate surface area is 119 Å². The van der Waals surface area contributed by atoms with Gasteiger partial charge in [-0.25, -0.2) is 0 Å². The van der Waals surface area contributed by atoms with Crippen LogP contribution in [-0.2, 0) is 9.59 Å². The molecule has 0 atom stereocenters. The number of nitrogens with zero attached hydrogens (tertiary/aromatic N) is 1. The quantitative estimate of drug-likeness (QED) is 0.859. The third kappa shape index (κ3) is 2.91. The standard InChI is InChI=1S/C14H24N2O2S/c1-3-14(4-2)13(18)16(8-5-12(17)15-14)11-6-9-19-10-7-11/h11H,3-10H2,1-2H3,(H,15,17). The van der Waals surface area contributed by atoms with Crippen LogP contribution in [0.2, 0.25) is 0 Å². The van der Waals surface area contributed by atoms with E-state index in [-0.39, 0.29) is 11.8 Å². The Hall–Kier alpha value is -0.710. The van der Waals surface area contributed by atoms with Crippen LogP contribution in [0.4, 0.5) is 0 Å². The Bertz CT molecular complexity index is 349. The first kappa shape index (κ1) is 14.7. The topological polar surface area (TPSA) is 49.4 Å². The Morgan fingerprint density at radius 1 is 1.26 bits per heavy atom. The van der Waals surface area contributed by atoms with E-state index in [4.69, 9.17) is 0 Å². The Balaban J connectivity index is 2.22. The van der Waals surface area contributed by atoms with Crippen molar-refractivity contribution in [3.8, 4) is 0 Å². The molecule has 0 aromatic rings. The number of hydrogen-bond donors (Lipinski definition) is 1. The molecule has 0 saturated carbocycles. The van der Waals surface area contributed by atoms with Crippen LogP contribution in [0.5, 0.6) is 0 Å². The number of carbonyl (C=O) groups is 2. The van der Waals surface area contributed by atoms with E-state index in [1.807, 2.05) is 30.5 Å². The SMILES string of the molecule is CCC1(CC)NC(=O)CCN(C2CCSCC2)C1=O. The van der Waals surface area contributed by atoms with Crippen LogP contribution < -0.4 is 5.32 Å². The maximum Gasteiger partial charge on any atom is 0.248 e. The van der Waals surface area contributed by atoms with Crippen LogP contribution in [0.1, 0.15) is 46.0 Å². The van der Waals surface area contributed by atoms with Crippen molar-refractivity contribution in [1.82, 2.24) is 10.2 Å². The second-order valence-electron chi connectivity index (χ2n) is 5.43. The lowest BCUT2D eigenvalue weighted by Gasteiger charge is -2.39. The molecule has 2 heterocycles. The van der Waals surface area contributed by atoms with Gasteiger partial charge in [0, 0.05) is 19.0 Å². The van der Waals surface area contributed by atoms with Gasteiger partial charge in [-0.2, -0.15) is 11.8 Å². The van der Waals surface area contributed by atoms with Gasteiger partial charge in [-0.1, -0.05) is 13.8 Å². The number of nitrogens with one attached hydrogen (secondary N) is 1. The Kier molecular flexibility index (Phi) is 4.76. The van der Waals surface area contributed by atoms with Crippen molar-refractivity contribution in [2.75, 3.05) is 18.1 Å². The molecule has 108 valence electrons. The van der Waals surface area contributed by atoms with E-state index in [1.54, 1.807) is 0 Å². The monoisotopic (exact) mass is 284 g/mol. The normalized spacial score (nSPS) is 25.1. The molecule has 4 nitrogen and oxygen atoms in total. The van der Waals surface area contributed by atoms with Gasteiger partial charge in [0.15, 0.2) is 0 Å². The highest BCUT2D eigenvalue weighted by Crippen LogP contribution is 2.28. The van der Waals surface area contributed by atoms with Crippen molar-refractivity contribution in [2.45, 2.75) is 57.5 Å². The number of hydrogen-bond acceptors (Lipinski definition) is 3. The van der Waals surface area contributed by atoms with Crippen LogP contribution in [-0.4, -0.2) is 46.3 Å². The lowest BCUT2D eigenvalue weighted by molar-refractivity contribution is -0.141. The van der Waals surface area contributed by atoms with E-state index < -0.39 is 5.54 Å². The van der Waals surface area contributed by atoms with Crippen LogP contribution in [0.3, 0.4) is 0 Å². The molecule has 2 aliphatic rings. The van der Waals surface area contributed by atoms with Crippen LogP contribution in [0.15, 0.2) is 0 Å². The second kappa shape index (κ2) is 6.16. The van der Waals surface area contributed by atoms with Crippen LogP contribution in [0.25, 0.3) is 0 Å². The molecule has 0 bridgehead atoms. The van der Waals surface area contributed by atoms with E-state index in [1.165, 1.54) is 0 Å². The summed E-state index contributed by atoms with van der Waals surface area (Å²) < 4.78 is 0. The average Bonchev–Trinajstić information content (AvgIpc) is 2.57. The summed E-state index contributed by atoms with van der Waals surface area (Å²) in [6.07, 6.45) is 3.91. The van der Waals surface area contributed by atoms with Gasteiger partial charge in [0.05, 0.1) is 0 Å². The maximum absolute atomic E-state index is 12.9. The zero-order valence-corrected chi connectivity index (χ0v) is 12.7. The highest BCUT2D eigenvalue weighted by Gasteiger charge is 2.43. The summed E-state index contributed by atoms with van der Waals surface area (Å²) in [5.74, 6) is 2.41. The first-order valence-corrected chi connectivity index (χ1v) is 8.48. The van der Waals surface area contributed by atoms with Crippen molar-refractivity contribution in [2.24, 2.45) is 0 Å². The predicted octanol–water partition coefficient (Wildman–Crippen LogP) is 1.79. The molecule has 0 unspecified atom stereocenters. The van der Waals surface area contributed by atoms with Gasteiger partial charge < -0.3 is 10.2 Å². The van der Waals surface area contributed by atoms with Crippen molar-refractivity contribution in [3.05, 3.63) is 0 Å². The second-order valence-corrected chi connectivity index (χ2v) is 6.65. The molecule has 2 saturated heterocycles. The minimum absolute atomic E-state index is 0.0183. The van der Waals surface area contributed by atoms with E-state index in [2.05, 4.69) is 5.32 Å². The zero-order valence-electron chi connectivity index (χ0n) is 11.9. The molecule has 19 heavy (non-hydrogen) atoms. The van der Waals surface area contributed by atoms with Gasteiger partial charge in [-0.05, 0) is 37.2 Å². The van der Waals surface area contributed by atoms with Crippen molar-refractivity contribution in [1.29, 1.82) is 0 Å². The van der Waals surface area contributed by atoms with E-state index >= 15 is 0 Å². The number of rotatable bonds is 3. The molecular weight excluding hydrogens is 260 g/mol. The largest absolute Gasteiger partial charge is 0.342 e. The van der Waals surface area contributed by atoms with Gasteiger partial charge >= 0.3 is 0 Å². The van der Waals surface area contributed by atoms with Crippen LogP contribution in [0, 0.1) is 0 Å². The zero-order chi connectivity index (χ0) is 13.9. The van der Waals surface area contributed by atoms with Gasteiger partial charge in [-0.15, -0.1) is 0 Å². The highest BCUT2D eigenvalue weighted by molar-refractivity contribution is 7.99. The number of amides is 2. The molecule has 2 rings (SSSR count). The third-order valence-electron chi connectivity index (χ3n) is 4.47. The Morgan fingerprint density at radius 3 is 2.47 bits per heavy atom. The fourth-order valence-corrected chi connectivity index (χ4v) is 4.14. The summed E-state index contributed by atoms with van der Waals surface area (Å²) in [5.41, 5.74) is -0.668. The summed E-state index contributed by atoms with van der Waals surface area (Å²) in [6, 6.07) is 0.332. The molecule has 0 aliphatic carbocycles. The van der Waals surface area contributed by atoms with Gasteiger partial charge in [0.2, 0.25) is 11.8 Å². The van der Waals surface area contributed by atoms with Gasteiger partial charge in [0.25, 0.3) is 0 Å². The highest BCUT2D eigenvalue weighted by atomic mass is 32.2. The lowest BCUT2D eigenvalue weighted by Crippen LogP contribution is -2.58. The van der Waals surface area contributed by atoms with Crippen molar-refractivity contribution in [3.63, 3.8) is 0 Å². The maximum atomic E-state index is 12.9. The van der Waals surface area contributed by atoms with Crippen molar-refractivity contribution >= 4 is 23.6 Å². The summed E-state index contributed by atoms with van der Waals surface area (Å²) >= 11 is 1.96. The molecule has 0 aromatic carbocycles. The minimum Gasteiger partial charge on any atom is -0.342 e. The fourth-order valence-electron chi connectivity index (χ4n) is 3.06. The van der Waals surface area contributed by atoms with Crippen molar-refractivity contribution < 1.29 is 9.59 Å². The molecule has 5 heteroatoms. The summed E-state index contributed by atoms with van der Waals surface area (Å²) in [5, 5.41) is 2.98. The smallest absolute Gasteiger partial charge is 0.248 e. The molecular formula is C14H24N2O2S. The van der Waals surface area contributed by atoms with E-state index in [9.17, 15) is 9.59 Å². The summed E-state index contributed by atoms with van der Waals surface area (Å²) in [6.45, 7) is 4.56. The fraction of sp³-hybridized carbons (Fsp3) is 0.857. The molecule has 2 amide bonds. The summed E-state index contributed by atoms with van der Waals surface area (Å²) in [7, 11) is 0. The molecule has 1 N–H and O–H groups in total. The lowest BCUT2D eigenvalue weighted by atomic mass is 9.90. The summed E-state index contributed by atoms with van der Waals surface area (Å²) in [4.78, 5) is 26.8. The first-order valence-electron chi connectivity index (χ1n) is 7.33. The molecule has 2 fully saturated rings. The van der Waals surface area contributed by atoms with Crippen LogP contribution >= 0.6 is 11.8 Å². The molecule has 2 aliphatic heterocycles. The van der Waals surface area contributed by atoms with E-state index in [0.717, 1.165) is 24.3 Å². The molecule has 0 spiro atoms.